The standard InChI is InChI=1S/C12H13BrFN3/c1-2-3-10-11(16-17-12(10)15)7-4-8(13)6-9(14)5-7/h4-6H,2-3H2,1H3,(H3,15,16,17). The van der Waals surface area contributed by atoms with Crippen LogP contribution in [-0.4, -0.2) is 10.2 Å². The van der Waals surface area contributed by atoms with E-state index < -0.39 is 0 Å². The molecule has 90 valence electrons. The molecule has 1 heterocycles. The second-order valence-electron chi connectivity index (χ2n) is 3.87. The zero-order chi connectivity index (χ0) is 12.4. The van der Waals surface area contributed by atoms with Gasteiger partial charge < -0.3 is 5.73 Å². The lowest BCUT2D eigenvalue weighted by atomic mass is 10.0. The first-order valence-electron chi connectivity index (χ1n) is 5.41. The van der Waals surface area contributed by atoms with Crippen LogP contribution in [0.1, 0.15) is 18.9 Å². The summed E-state index contributed by atoms with van der Waals surface area (Å²) in [6.07, 6.45) is 1.79. The number of anilines is 1. The molecule has 2 rings (SSSR count). The minimum absolute atomic E-state index is 0.287. The predicted octanol–water partition coefficient (Wildman–Crippen LogP) is 3.51. The third kappa shape index (κ3) is 2.49. The van der Waals surface area contributed by atoms with Gasteiger partial charge in [-0.15, -0.1) is 0 Å². The second kappa shape index (κ2) is 4.87. The fourth-order valence-electron chi connectivity index (χ4n) is 1.82. The molecule has 0 atom stereocenters. The minimum Gasteiger partial charge on any atom is -0.382 e. The summed E-state index contributed by atoms with van der Waals surface area (Å²) in [6.45, 7) is 2.07. The highest BCUT2D eigenvalue weighted by atomic mass is 79.9. The van der Waals surface area contributed by atoms with Crippen molar-refractivity contribution < 1.29 is 4.39 Å². The van der Waals surface area contributed by atoms with Gasteiger partial charge >= 0.3 is 0 Å². The number of H-pyrrole nitrogens is 1. The molecule has 0 radical (unpaired) electrons. The molecule has 0 fully saturated rings. The van der Waals surface area contributed by atoms with E-state index in [1.807, 2.05) is 6.07 Å². The molecule has 17 heavy (non-hydrogen) atoms. The van der Waals surface area contributed by atoms with Crippen LogP contribution in [0, 0.1) is 5.82 Å². The number of aromatic nitrogens is 2. The van der Waals surface area contributed by atoms with Crippen LogP contribution in [0.15, 0.2) is 22.7 Å². The lowest BCUT2D eigenvalue weighted by Gasteiger charge is -2.04. The molecule has 1 aromatic heterocycles. The third-order valence-electron chi connectivity index (χ3n) is 2.55. The van der Waals surface area contributed by atoms with E-state index in [0.717, 1.165) is 29.7 Å². The van der Waals surface area contributed by atoms with Gasteiger partial charge in [-0.05, 0) is 24.6 Å². The first-order chi connectivity index (χ1) is 8.11. The summed E-state index contributed by atoms with van der Waals surface area (Å²) < 4.78 is 14.0. The van der Waals surface area contributed by atoms with Crippen LogP contribution in [0.5, 0.6) is 0 Å². The fraction of sp³-hybridized carbons (Fsp3) is 0.250. The molecule has 2 aromatic rings. The fourth-order valence-corrected chi connectivity index (χ4v) is 2.28. The van der Waals surface area contributed by atoms with Gasteiger partial charge in [-0.3, -0.25) is 5.10 Å². The number of nitrogen functional groups attached to an aromatic ring is 1. The van der Waals surface area contributed by atoms with Gasteiger partial charge in [-0.25, -0.2) is 4.39 Å². The lowest BCUT2D eigenvalue weighted by Crippen LogP contribution is -1.93. The van der Waals surface area contributed by atoms with Gasteiger partial charge in [0.15, 0.2) is 0 Å². The van der Waals surface area contributed by atoms with Crippen molar-refractivity contribution in [3.05, 3.63) is 34.1 Å². The van der Waals surface area contributed by atoms with Gasteiger partial charge in [0.25, 0.3) is 0 Å². The summed E-state index contributed by atoms with van der Waals surface area (Å²) in [5, 5.41) is 6.85. The Labute approximate surface area is 107 Å². The Morgan fingerprint density at radius 2 is 2.18 bits per heavy atom. The smallest absolute Gasteiger partial charge is 0.149 e. The molecule has 0 amide bonds. The summed E-state index contributed by atoms with van der Waals surface area (Å²) in [4.78, 5) is 0. The zero-order valence-electron chi connectivity index (χ0n) is 9.43. The molecule has 5 heteroatoms. The summed E-state index contributed by atoms with van der Waals surface area (Å²) in [7, 11) is 0. The van der Waals surface area contributed by atoms with Crippen LogP contribution in [0.25, 0.3) is 11.3 Å². The van der Waals surface area contributed by atoms with Crippen LogP contribution >= 0.6 is 15.9 Å². The first kappa shape index (κ1) is 12.1. The summed E-state index contributed by atoms with van der Waals surface area (Å²) in [6, 6.07) is 4.73. The highest BCUT2D eigenvalue weighted by Gasteiger charge is 2.12. The average Bonchev–Trinajstić information content (AvgIpc) is 2.60. The summed E-state index contributed by atoms with van der Waals surface area (Å²) >= 11 is 3.28. The maximum absolute atomic E-state index is 13.3. The highest BCUT2D eigenvalue weighted by Crippen LogP contribution is 2.29. The average molecular weight is 298 g/mol. The highest BCUT2D eigenvalue weighted by molar-refractivity contribution is 9.10. The number of benzene rings is 1. The molecular formula is C12H13BrFN3. The Bertz CT molecular complexity index is 516. The molecule has 0 unspecified atom stereocenters. The van der Waals surface area contributed by atoms with E-state index in [2.05, 4.69) is 33.1 Å². The molecule has 0 aliphatic rings. The quantitative estimate of drug-likeness (QED) is 0.911. The van der Waals surface area contributed by atoms with Crippen LogP contribution in [0.2, 0.25) is 0 Å². The number of rotatable bonds is 3. The van der Waals surface area contributed by atoms with E-state index >= 15 is 0 Å². The largest absolute Gasteiger partial charge is 0.382 e. The number of aromatic amines is 1. The number of nitrogens with two attached hydrogens (primary N) is 1. The van der Waals surface area contributed by atoms with Crippen molar-refractivity contribution in [2.45, 2.75) is 19.8 Å². The maximum Gasteiger partial charge on any atom is 0.149 e. The van der Waals surface area contributed by atoms with Gasteiger partial charge in [0, 0.05) is 15.6 Å². The number of nitrogens with zero attached hydrogens (tertiary/aromatic N) is 1. The van der Waals surface area contributed by atoms with E-state index in [1.165, 1.54) is 12.1 Å². The van der Waals surface area contributed by atoms with Crippen molar-refractivity contribution in [3.63, 3.8) is 0 Å². The van der Waals surface area contributed by atoms with Gasteiger partial charge in [0.1, 0.15) is 11.6 Å². The molecule has 3 N–H and O–H groups in total. The molecule has 1 aromatic carbocycles. The Hall–Kier alpha value is -1.36. The minimum atomic E-state index is -0.287. The van der Waals surface area contributed by atoms with Crippen LogP contribution in [0.3, 0.4) is 0 Å². The molecule has 3 nitrogen and oxygen atoms in total. The molecule has 0 saturated carbocycles. The Balaban J connectivity index is 2.52. The monoisotopic (exact) mass is 297 g/mol. The van der Waals surface area contributed by atoms with Gasteiger partial charge in [-0.1, -0.05) is 29.3 Å². The summed E-state index contributed by atoms with van der Waals surface area (Å²) in [5.41, 5.74) is 8.29. The second-order valence-corrected chi connectivity index (χ2v) is 4.79. The van der Waals surface area contributed by atoms with Crippen molar-refractivity contribution in [1.82, 2.24) is 10.2 Å². The number of hydrogen-bond donors (Lipinski definition) is 2. The number of halogens is 2. The van der Waals surface area contributed by atoms with E-state index in [4.69, 9.17) is 5.73 Å². The zero-order valence-corrected chi connectivity index (χ0v) is 11.0. The molecule has 0 saturated heterocycles. The number of hydrogen-bond acceptors (Lipinski definition) is 2. The summed E-state index contributed by atoms with van der Waals surface area (Å²) in [5.74, 6) is 0.201. The van der Waals surface area contributed by atoms with Crippen molar-refractivity contribution in [2.24, 2.45) is 0 Å². The van der Waals surface area contributed by atoms with Crippen molar-refractivity contribution in [2.75, 3.05) is 5.73 Å². The third-order valence-corrected chi connectivity index (χ3v) is 3.01. The van der Waals surface area contributed by atoms with Gasteiger partial charge in [0.2, 0.25) is 0 Å². The van der Waals surface area contributed by atoms with Crippen LogP contribution in [0.4, 0.5) is 10.2 Å². The Morgan fingerprint density at radius 3 is 2.82 bits per heavy atom. The Morgan fingerprint density at radius 1 is 1.41 bits per heavy atom. The van der Waals surface area contributed by atoms with Crippen LogP contribution < -0.4 is 5.73 Å². The molecule has 0 bridgehead atoms. The topological polar surface area (TPSA) is 54.7 Å². The molecule has 0 spiro atoms. The molecule has 0 aliphatic heterocycles. The van der Waals surface area contributed by atoms with E-state index in [-0.39, 0.29) is 5.82 Å². The lowest BCUT2D eigenvalue weighted by molar-refractivity contribution is 0.627. The van der Waals surface area contributed by atoms with Crippen molar-refractivity contribution in [1.29, 1.82) is 0 Å². The first-order valence-corrected chi connectivity index (χ1v) is 6.20. The van der Waals surface area contributed by atoms with E-state index in [0.29, 0.717) is 10.3 Å². The molecule has 0 aliphatic carbocycles. The van der Waals surface area contributed by atoms with E-state index in [9.17, 15) is 4.39 Å². The maximum atomic E-state index is 13.3. The number of nitrogens with one attached hydrogen (secondary N) is 1. The van der Waals surface area contributed by atoms with Gasteiger partial charge in [-0.2, -0.15) is 5.10 Å². The van der Waals surface area contributed by atoms with Crippen molar-refractivity contribution >= 4 is 21.7 Å². The Kier molecular flexibility index (Phi) is 3.47. The SMILES string of the molecule is CCCc1c(N)n[nH]c1-c1cc(F)cc(Br)c1. The van der Waals surface area contributed by atoms with Gasteiger partial charge in [0.05, 0.1) is 5.69 Å². The van der Waals surface area contributed by atoms with Crippen LogP contribution in [-0.2, 0) is 6.42 Å². The van der Waals surface area contributed by atoms with Crippen molar-refractivity contribution in [3.8, 4) is 11.3 Å². The normalized spacial score (nSPS) is 10.8. The predicted molar refractivity (Wildman–Crippen MR) is 70.1 cm³/mol. The molecular weight excluding hydrogens is 285 g/mol. The van der Waals surface area contributed by atoms with E-state index in [1.54, 1.807) is 0 Å².